The van der Waals surface area contributed by atoms with Gasteiger partial charge in [0.15, 0.2) is 0 Å². The highest BCUT2D eigenvalue weighted by atomic mass is 16.5. The van der Waals surface area contributed by atoms with Crippen molar-refractivity contribution in [3.8, 4) is 5.75 Å². The van der Waals surface area contributed by atoms with E-state index in [1.54, 1.807) is 12.1 Å². The quantitative estimate of drug-likeness (QED) is 0.675. The monoisotopic (exact) mass is 162 g/mol. The summed E-state index contributed by atoms with van der Waals surface area (Å²) < 4.78 is 5.13. The normalized spacial score (nSPS) is 13.7. The molecule has 0 atom stereocenters. The summed E-state index contributed by atoms with van der Waals surface area (Å²) in [5.74, 6) is -0.216. The molecule has 0 unspecified atom stereocenters. The fourth-order valence-electron chi connectivity index (χ4n) is 1.12. The average molecular weight is 162 g/mol. The fourth-order valence-corrected chi connectivity index (χ4v) is 1.12. The van der Waals surface area contributed by atoms with Crippen LogP contribution in [0.15, 0.2) is 18.2 Å². The van der Waals surface area contributed by atoms with Crippen LogP contribution in [0.1, 0.15) is 15.9 Å². The van der Waals surface area contributed by atoms with E-state index in [1.165, 1.54) is 6.07 Å². The summed E-state index contributed by atoms with van der Waals surface area (Å²) in [7, 11) is 0. The van der Waals surface area contributed by atoms with Crippen LogP contribution in [0.4, 0.5) is 0 Å². The molecule has 2 rings (SSSR count). The van der Waals surface area contributed by atoms with Gasteiger partial charge in [0.2, 0.25) is 0 Å². The lowest BCUT2D eigenvalue weighted by atomic mass is 10.1. The molecule has 0 fully saturated rings. The van der Waals surface area contributed by atoms with Crippen LogP contribution >= 0.6 is 0 Å². The van der Waals surface area contributed by atoms with Crippen LogP contribution in [0.3, 0.4) is 0 Å². The molecule has 2 radical (unpaired) electrons. The van der Waals surface area contributed by atoms with Gasteiger partial charge in [-0.25, -0.2) is 4.79 Å². The van der Waals surface area contributed by atoms with E-state index in [2.05, 4.69) is 6.42 Å². The second kappa shape index (κ2) is 2.52. The second-order valence-electron chi connectivity index (χ2n) is 2.48. The molecule has 0 saturated carbocycles. The van der Waals surface area contributed by atoms with Crippen LogP contribution in [0, 0.1) is 6.42 Å². The third-order valence-corrected chi connectivity index (χ3v) is 1.72. The summed E-state index contributed by atoms with van der Waals surface area (Å²) in [5, 5.41) is 8.65. The van der Waals surface area contributed by atoms with Crippen molar-refractivity contribution in [3.63, 3.8) is 0 Å². The van der Waals surface area contributed by atoms with Gasteiger partial charge in [-0.2, -0.15) is 0 Å². The Hall–Kier alpha value is -1.51. The number of carboxylic acids is 1. The number of ether oxygens (including phenoxy) is 1. The van der Waals surface area contributed by atoms with Crippen molar-refractivity contribution in [3.05, 3.63) is 35.7 Å². The lowest BCUT2D eigenvalue weighted by molar-refractivity contribution is 0.0697. The molecule has 1 aliphatic rings. The largest absolute Gasteiger partial charge is 0.492 e. The molecule has 1 heterocycles. The van der Waals surface area contributed by atoms with Gasteiger partial charge < -0.3 is 9.84 Å². The van der Waals surface area contributed by atoms with Gasteiger partial charge in [0.25, 0.3) is 0 Å². The highest BCUT2D eigenvalue weighted by molar-refractivity contribution is 5.88. The number of carboxylic acid groups (broad SMARTS) is 1. The SMILES string of the molecule is O=C(O)c1ccc2c(c1)[C]CO2. The average Bonchev–Trinajstić information content (AvgIpc) is 2.49. The van der Waals surface area contributed by atoms with Gasteiger partial charge in [-0.15, -0.1) is 0 Å². The molecule has 1 aliphatic heterocycles. The zero-order valence-electron chi connectivity index (χ0n) is 6.20. The Morgan fingerprint density at radius 1 is 1.58 bits per heavy atom. The molecule has 0 bridgehead atoms. The van der Waals surface area contributed by atoms with Crippen LogP contribution in [-0.4, -0.2) is 17.7 Å². The molecule has 1 aromatic rings. The molecule has 0 aliphatic carbocycles. The first kappa shape index (κ1) is 7.16. The Morgan fingerprint density at radius 2 is 2.42 bits per heavy atom. The van der Waals surface area contributed by atoms with Crippen LogP contribution in [0.25, 0.3) is 0 Å². The lowest BCUT2D eigenvalue weighted by Gasteiger charge is -1.98. The van der Waals surface area contributed by atoms with Crippen molar-refractivity contribution in [1.82, 2.24) is 0 Å². The van der Waals surface area contributed by atoms with E-state index >= 15 is 0 Å². The summed E-state index contributed by atoms with van der Waals surface area (Å²) in [4.78, 5) is 10.5. The zero-order valence-corrected chi connectivity index (χ0v) is 6.20. The van der Waals surface area contributed by atoms with E-state index in [4.69, 9.17) is 9.84 Å². The summed E-state index contributed by atoms with van der Waals surface area (Å²) in [6, 6.07) is 4.73. The number of benzene rings is 1. The minimum atomic E-state index is -0.925. The molecule has 60 valence electrons. The first-order valence-electron chi connectivity index (χ1n) is 3.51. The standard InChI is InChI=1S/C9H6O3/c10-9(11)7-1-2-8-6(5-7)3-4-12-8/h1-2,5H,4H2,(H,10,11). The predicted molar refractivity (Wildman–Crippen MR) is 41.2 cm³/mol. The molecule has 3 nitrogen and oxygen atoms in total. The molecule has 3 heteroatoms. The topological polar surface area (TPSA) is 46.5 Å². The van der Waals surface area contributed by atoms with E-state index < -0.39 is 5.97 Å². The van der Waals surface area contributed by atoms with E-state index in [0.717, 1.165) is 5.56 Å². The number of carbonyl (C=O) groups is 1. The summed E-state index contributed by atoms with van der Waals surface area (Å²) in [6.45, 7) is 0.415. The van der Waals surface area contributed by atoms with Gasteiger partial charge in [-0.3, -0.25) is 0 Å². The predicted octanol–water partition coefficient (Wildman–Crippen LogP) is 1.21. The minimum Gasteiger partial charge on any atom is -0.492 e. The Bertz CT molecular complexity index is 331. The van der Waals surface area contributed by atoms with E-state index in [0.29, 0.717) is 12.4 Å². The van der Waals surface area contributed by atoms with Gasteiger partial charge in [0.05, 0.1) is 12.0 Å². The van der Waals surface area contributed by atoms with Crippen molar-refractivity contribution >= 4 is 5.97 Å². The van der Waals surface area contributed by atoms with E-state index in [1.807, 2.05) is 0 Å². The minimum absolute atomic E-state index is 0.270. The van der Waals surface area contributed by atoms with E-state index in [9.17, 15) is 4.79 Å². The molecular weight excluding hydrogens is 156 g/mol. The first-order chi connectivity index (χ1) is 5.77. The first-order valence-corrected chi connectivity index (χ1v) is 3.51. The van der Waals surface area contributed by atoms with Gasteiger partial charge in [-0.1, -0.05) is 0 Å². The highest BCUT2D eigenvalue weighted by Gasteiger charge is 2.14. The highest BCUT2D eigenvalue weighted by Crippen LogP contribution is 2.26. The van der Waals surface area contributed by atoms with Crippen LogP contribution in [-0.2, 0) is 0 Å². The number of aromatic carboxylic acids is 1. The smallest absolute Gasteiger partial charge is 0.335 e. The Kier molecular flexibility index (Phi) is 1.50. The molecule has 0 aromatic heterocycles. The van der Waals surface area contributed by atoms with E-state index in [-0.39, 0.29) is 5.56 Å². The molecular formula is C9H6O3. The van der Waals surface area contributed by atoms with Crippen molar-refractivity contribution in [2.45, 2.75) is 0 Å². The van der Waals surface area contributed by atoms with Crippen molar-refractivity contribution in [2.24, 2.45) is 0 Å². The van der Waals surface area contributed by atoms with Gasteiger partial charge in [0, 0.05) is 5.56 Å². The van der Waals surface area contributed by atoms with Crippen molar-refractivity contribution in [2.75, 3.05) is 6.61 Å². The third-order valence-electron chi connectivity index (χ3n) is 1.72. The second-order valence-corrected chi connectivity index (χ2v) is 2.48. The maximum absolute atomic E-state index is 10.5. The maximum atomic E-state index is 10.5. The van der Waals surface area contributed by atoms with Crippen molar-refractivity contribution < 1.29 is 14.6 Å². The lowest BCUT2D eigenvalue weighted by Crippen LogP contribution is -1.95. The Balaban J connectivity index is 2.45. The molecule has 1 N–H and O–H groups in total. The molecule has 0 amide bonds. The maximum Gasteiger partial charge on any atom is 0.335 e. The summed E-state index contributed by atoms with van der Waals surface area (Å²) in [5.41, 5.74) is 1.02. The van der Waals surface area contributed by atoms with Gasteiger partial charge >= 0.3 is 5.97 Å². The molecule has 0 spiro atoms. The number of rotatable bonds is 1. The number of hydrogen-bond donors (Lipinski definition) is 1. The van der Waals surface area contributed by atoms with Gasteiger partial charge in [0.1, 0.15) is 12.4 Å². The summed E-state index contributed by atoms with van der Waals surface area (Å²) in [6.07, 6.45) is 2.91. The Morgan fingerprint density at radius 3 is 3.17 bits per heavy atom. The zero-order chi connectivity index (χ0) is 8.55. The van der Waals surface area contributed by atoms with Crippen LogP contribution in [0.5, 0.6) is 5.75 Å². The van der Waals surface area contributed by atoms with Crippen LogP contribution < -0.4 is 4.74 Å². The van der Waals surface area contributed by atoms with Crippen LogP contribution in [0.2, 0.25) is 0 Å². The number of fused-ring (bicyclic) bond motifs is 1. The molecule has 12 heavy (non-hydrogen) atoms. The molecule has 0 saturated heterocycles. The van der Waals surface area contributed by atoms with Gasteiger partial charge in [-0.05, 0) is 18.2 Å². The number of hydrogen-bond acceptors (Lipinski definition) is 2. The fraction of sp³-hybridized carbons (Fsp3) is 0.111. The molecule has 1 aromatic carbocycles. The summed E-state index contributed by atoms with van der Waals surface area (Å²) >= 11 is 0. The van der Waals surface area contributed by atoms with Crippen molar-refractivity contribution in [1.29, 1.82) is 0 Å². The Labute approximate surface area is 69.6 Å². The third kappa shape index (κ3) is 1.03.